The molecule has 1 aliphatic carbocycles. The van der Waals surface area contributed by atoms with Crippen molar-refractivity contribution in [3.8, 4) is 17.0 Å². The van der Waals surface area contributed by atoms with Gasteiger partial charge in [0.15, 0.2) is 0 Å². The van der Waals surface area contributed by atoms with Crippen LogP contribution in [0.1, 0.15) is 126 Å². The van der Waals surface area contributed by atoms with Gasteiger partial charge in [0.2, 0.25) is 5.91 Å². The van der Waals surface area contributed by atoms with Crippen molar-refractivity contribution in [2.45, 2.75) is 117 Å². The summed E-state index contributed by atoms with van der Waals surface area (Å²) in [5.74, 6) is -0.461. The highest BCUT2D eigenvalue weighted by Crippen LogP contribution is 2.44. The maximum atomic E-state index is 12.3. The molecule has 3 rings (SSSR count). The Morgan fingerprint density at radius 2 is 1.54 bits per heavy atom. The Balaban J connectivity index is 2.27. The zero-order valence-electron chi connectivity index (χ0n) is 23.8. The molecule has 1 atom stereocenters. The fraction of sp³-hybridized carbons (Fsp3) is 0.613. The molecular formula is C31H46N2O4. The molecule has 0 aliphatic heterocycles. The molecule has 1 saturated carbocycles. The normalized spacial score (nSPS) is 16.1. The smallest absolute Gasteiger partial charge is 0.337 e. The Kier molecular flexibility index (Phi) is 8.50. The molecule has 6 nitrogen and oxygen atoms in total. The molecular weight excluding hydrogens is 464 g/mol. The number of rotatable bonds is 8. The van der Waals surface area contributed by atoms with E-state index in [9.17, 15) is 19.8 Å². The molecule has 1 unspecified atom stereocenters. The van der Waals surface area contributed by atoms with Gasteiger partial charge in [-0.2, -0.15) is 0 Å². The Labute approximate surface area is 222 Å². The van der Waals surface area contributed by atoms with Gasteiger partial charge in [0.25, 0.3) is 0 Å². The van der Waals surface area contributed by atoms with Crippen molar-refractivity contribution in [2.75, 3.05) is 0 Å². The number of aromatic carboxylic acids is 1. The highest BCUT2D eigenvalue weighted by molar-refractivity contribution is 5.91. The maximum Gasteiger partial charge on any atom is 0.337 e. The van der Waals surface area contributed by atoms with Gasteiger partial charge in [-0.15, -0.1) is 0 Å². The summed E-state index contributed by atoms with van der Waals surface area (Å²) in [5, 5.41) is 21.3. The molecule has 0 radical (unpaired) electrons. The predicted molar refractivity (Wildman–Crippen MR) is 149 cm³/mol. The van der Waals surface area contributed by atoms with Gasteiger partial charge >= 0.3 is 5.97 Å². The number of hydrogen-bond acceptors (Lipinski definition) is 3. The molecule has 0 spiro atoms. The summed E-state index contributed by atoms with van der Waals surface area (Å²) in [4.78, 5) is 24.1. The van der Waals surface area contributed by atoms with Crippen molar-refractivity contribution in [3.05, 3.63) is 40.6 Å². The molecule has 0 bridgehead atoms. The van der Waals surface area contributed by atoms with E-state index < -0.39 is 5.97 Å². The van der Waals surface area contributed by atoms with E-state index in [1.54, 1.807) is 6.07 Å². The quantitative estimate of drug-likeness (QED) is 0.348. The van der Waals surface area contributed by atoms with Crippen LogP contribution in [0.15, 0.2) is 18.2 Å². The van der Waals surface area contributed by atoms with Gasteiger partial charge in [-0.25, -0.2) is 4.79 Å². The van der Waals surface area contributed by atoms with Crippen LogP contribution in [-0.2, 0) is 15.6 Å². The van der Waals surface area contributed by atoms with Crippen molar-refractivity contribution in [3.63, 3.8) is 0 Å². The number of amides is 1. The number of carbonyl (C=O) groups is 2. The summed E-state index contributed by atoms with van der Waals surface area (Å²) < 4.78 is 2.15. The fourth-order valence-corrected chi connectivity index (χ4v) is 5.93. The lowest BCUT2D eigenvalue weighted by Crippen LogP contribution is -2.21. The predicted octanol–water partition coefficient (Wildman–Crippen LogP) is 7.24. The molecule has 1 aromatic carbocycles. The number of primary amides is 1. The van der Waals surface area contributed by atoms with Crippen LogP contribution in [0.5, 0.6) is 5.75 Å². The first-order valence-electron chi connectivity index (χ1n) is 13.7. The minimum atomic E-state index is -0.963. The molecule has 204 valence electrons. The van der Waals surface area contributed by atoms with Crippen LogP contribution in [0.4, 0.5) is 0 Å². The van der Waals surface area contributed by atoms with Crippen molar-refractivity contribution in [1.29, 1.82) is 0 Å². The third kappa shape index (κ3) is 6.58. The van der Waals surface area contributed by atoms with E-state index in [4.69, 9.17) is 5.73 Å². The van der Waals surface area contributed by atoms with Crippen LogP contribution in [-0.4, -0.2) is 26.7 Å². The van der Waals surface area contributed by atoms with Gasteiger partial charge in [0.05, 0.1) is 5.56 Å². The zero-order valence-corrected chi connectivity index (χ0v) is 23.8. The highest BCUT2D eigenvalue weighted by atomic mass is 16.4. The first kappa shape index (κ1) is 28.8. The van der Waals surface area contributed by atoms with Gasteiger partial charge in [-0.05, 0) is 60.3 Å². The first-order valence-corrected chi connectivity index (χ1v) is 13.7. The molecule has 6 heteroatoms. The second-order valence-corrected chi connectivity index (χ2v) is 13.0. The standard InChI is InChI=1S/C31H46N2O4/c1-19-23(29(36)37)18-26(21-16-24(30(2,3)4)28(35)25(17-21)31(5,6)7)33(19)22(13-14-27(32)34)15-20-11-9-8-10-12-20/h16-18,20,22,35H,8-15H2,1-7H3,(H2,32,34)(H,36,37). The summed E-state index contributed by atoms with van der Waals surface area (Å²) in [6.07, 6.45) is 7.74. The Morgan fingerprint density at radius 3 is 2.00 bits per heavy atom. The molecule has 1 amide bonds. The third-order valence-electron chi connectivity index (χ3n) is 7.96. The minimum Gasteiger partial charge on any atom is -0.507 e. The molecule has 1 aromatic heterocycles. The number of carboxylic acids is 1. The van der Waals surface area contributed by atoms with E-state index in [2.05, 4.69) is 46.1 Å². The van der Waals surface area contributed by atoms with Gasteiger partial charge in [-0.1, -0.05) is 73.6 Å². The van der Waals surface area contributed by atoms with E-state index >= 15 is 0 Å². The fourth-order valence-electron chi connectivity index (χ4n) is 5.93. The SMILES string of the molecule is Cc1c(C(=O)O)cc(-c2cc(C(C)(C)C)c(O)c(C(C)(C)C)c2)n1C(CCC(N)=O)CC1CCCCC1. The monoisotopic (exact) mass is 510 g/mol. The van der Waals surface area contributed by atoms with E-state index in [1.165, 1.54) is 19.3 Å². The van der Waals surface area contributed by atoms with E-state index in [-0.39, 0.29) is 34.8 Å². The summed E-state index contributed by atoms with van der Waals surface area (Å²) in [5.41, 5.74) is 9.28. The second kappa shape index (κ2) is 10.9. The van der Waals surface area contributed by atoms with Gasteiger partial charge in [0, 0.05) is 35.0 Å². The minimum absolute atomic E-state index is 0.0383. The molecule has 2 aromatic rings. The van der Waals surface area contributed by atoms with Crippen LogP contribution in [0.2, 0.25) is 0 Å². The van der Waals surface area contributed by atoms with Crippen LogP contribution in [0, 0.1) is 12.8 Å². The third-order valence-corrected chi connectivity index (χ3v) is 7.96. The maximum absolute atomic E-state index is 12.3. The summed E-state index contributed by atoms with van der Waals surface area (Å²) >= 11 is 0. The Bertz CT molecular complexity index is 1110. The van der Waals surface area contributed by atoms with Crippen LogP contribution in [0.25, 0.3) is 11.3 Å². The lowest BCUT2D eigenvalue weighted by atomic mass is 9.78. The van der Waals surface area contributed by atoms with Gasteiger partial charge < -0.3 is 20.5 Å². The van der Waals surface area contributed by atoms with Crippen molar-refractivity contribution >= 4 is 11.9 Å². The largest absolute Gasteiger partial charge is 0.507 e. The van der Waals surface area contributed by atoms with Crippen molar-refractivity contribution in [1.82, 2.24) is 4.57 Å². The van der Waals surface area contributed by atoms with Crippen molar-refractivity contribution in [2.24, 2.45) is 11.7 Å². The first-order chi connectivity index (χ1) is 17.1. The second-order valence-electron chi connectivity index (χ2n) is 13.0. The molecule has 1 aliphatic rings. The number of carbonyl (C=O) groups excluding carboxylic acids is 1. The highest BCUT2D eigenvalue weighted by Gasteiger charge is 2.30. The summed E-state index contributed by atoms with van der Waals surface area (Å²) in [7, 11) is 0. The number of nitrogens with two attached hydrogens (primary N) is 1. The lowest BCUT2D eigenvalue weighted by Gasteiger charge is -2.31. The molecule has 1 heterocycles. The average Bonchev–Trinajstić information content (AvgIpc) is 3.13. The number of carboxylic acid groups (broad SMARTS) is 1. The van der Waals surface area contributed by atoms with E-state index in [0.717, 1.165) is 41.6 Å². The number of aromatic nitrogens is 1. The molecule has 37 heavy (non-hydrogen) atoms. The van der Waals surface area contributed by atoms with Crippen LogP contribution >= 0.6 is 0 Å². The molecule has 4 N–H and O–H groups in total. The van der Waals surface area contributed by atoms with Crippen LogP contribution < -0.4 is 5.73 Å². The number of aromatic hydroxyl groups is 1. The van der Waals surface area contributed by atoms with Gasteiger partial charge in [0.1, 0.15) is 5.75 Å². The average molecular weight is 511 g/mol. The van der Waals surface area contributed by atoms with Crippen LogP contribution in [0.3, 0.4) is 0 Å². The topological polar surface area (TPSA) is 106 Å². The summed E-state index contributed by atoms with van der Waals surface area (Å²) in [6.45, 7) is 14.3. The number of benzene rings is 1. The molecule has 1 fully saturated rings. The lowest BCUT2D eigenvalue weighted by molar-refractivity contribution is -0.118. The van der Waals surface area contributed by atoms with Crippen molar-refractivity contribution < 1.29 is 19.8 Å². The number of phenols is 1. The zero-order chi connectivity index (χ0) is 27.7. The van der Waals surface area contributed by atoms with Gasteiger partial charge in [-0.3, -0.25) is 4.79 Å². The van der Waals surface area contributed by atoms with E-state index in [0.29, 0.717) is 23.8 Å². The molecule has 0 saturated heterocycles. The number of phenolic OH excluding ortho intramolecular Hbond substituents is 1. The number of nitrogens with zero attached hydrogens (tertiary/aromatic N) is 1. The number of hydrogen-bond donors (Lipinski definition) is 3. The summed E-state index contributed by atoms with van der Waals surface area (Å²) in [6, 6.07) is 5.74. The van der Waals surface area contributed by atoms with E-state index in [1.807, 2.05) is 19.1 Å². The Hall–Kier alpha value is -2.76. The Morgan fingerprint density at radius 1 is 1.00 bits per heavy atom.